The molecule has 3 aliphatic heterocycles. The summed E-state index contributed by atoms with van der Waals surface area (Å²) in [5.41, 5.74) is -0.572. The maximum Gasteiger partial charge on any atom is 0.410 e. The lowest BCUT2D eigenvalue weighted by Crippen LogP contribution is -2.70. The number of hydrogen-bond acceptors (Lipinski definition) is 18. The molecule has 23 heteroatoms. The first kappa shape index (κ1) is 57.7. The van der Waals surface area contributed by atoms with E-state index < -0.39 is 131 Å². The predicted molar refractivity (Wildman–Crippen MR) is 255 cm³/mol. The molecule has 2 saturated heterocycles. The molecule has 5 aliphatic rings. The second kappa shape index (κ2) is 22.1. The molecule has 5 rings (SSSR count). The van der Waals surface area contributed by atoms with Gasteiger partial charge in [-0.2, -0.15) is 0 Å². The molecule has 71 heavy (non-hydrogen) atoms. The van der Waals surface area contributed by atoms with E-state index in [1.807, 2.05) is 6.08 Å². The Labute approximate surface area is 417 Å². The summed E-state index contributed by atoms with van der Waals surface area (Å²) in [5, 5.41) is 59.5. The van der Waals surface area contributed by atoms with Crippen molar-refractivity contribution in [3.8, 4) is 0 Å². The van der Waals surface area contributed by atoms with Crippen LogP contribution in [-0.2, 0) is 38.0 Å². The lowest BCUT2D eigenvalue weighted by atomic mass is 9.72. The van der Waals surface area contributed by atoms with Gasteiger partial charge in [0.05, 0.1) is 25.3 Å². The maximum atomic E-state index is 13.9. The van der Waals surface area contributed by atoms with Crippen molar-refractivity contribution >= 4 is 30.3 Å². The molecule has 0 aromatic carbocycles. The molecular formula is C48H83N7O16. The zero-order chi connectivity index (χ0) is 53.2. The Hall–Kier alpha value is -4.23. The van der Waals surface area contributed by atoms with Gasteiger partial charge in [-0.1, -0.05) is 0 Å². The van der Waals surface area contributed by atoms with Crippen molar-refractivity contribution in [1.29, 1.82) is 0 Å². The van der Waals surface area contributed by atoms with Gasteiger partial charge in [-0.15, -0.1) is 0 Å². The number of hydrogen-bond donors (Lipinski definition) is 9. The number of nitrogens with zero attached hydrogens (tertiary/aromatic N) is 2. The van der Waals surface area contributed by atoms with E-state index >= 15 is 0 Å². The van der Waals surface area contributed by atoms with Crippen LogP contribution in [0.15, 0.2) is 11.8 Å². The minimum absolute atomic E-state index is 0.0111. The quantitative estimate of drug-likeness (QED) is 0.112. The highest BCUT2D eigenvalue weighted by Gasteiger charge is 2.78. The van der Waals surface area contributed by atoms with Crippen molar-refractivity contribution in [3.05, 3.63) is 11.8 Å². The van der Waals surface area contributed by atoms with Gasteiger partial charge in [0.1, 0.15) is 63.7 Å². The van der Waals surface area contributed by atoms with E-state index in [-0.39, 0.29) is 38.4 Å². The summed E-state index contributed by atoms with van der Waals surface area (Å²) >= 11 is 0. The van der Waals surface area contributed by atoms with Gasteiger partial charge >= 0.3 is 24.4 Å². The van der Waals surface area contributed by atoms with Crippen molar-refractivity contribution in [2.75, 3.05) is 39.8 Å². The number of amides is 5. The third-order valence-electron chi connectivity index (χ3n) is 13.0. The van der Waals surface area contributed by atoms with Crippen LogP contribution in [0.3, 0.4) is 0 Å². The first-order valence-electron chi connectivity index (χ1n) is 24.7. The van der Waals surface area contributed by atoms with Crippen LogP contribution in [0.25, 0.3) is 0 Å². The Bertz CT molecular complexity index is 1930. The number of ether oxygens (including phenoxy) is 7. The second-order valence-corrected chi connectivity index (χ2v) is 23.5. The van der Waals surface area contributed by atoms with Crippen LogP contribution in [0.4, 0.5) is 19.2 Å². The molecule has 0 bridgehead atoms. The zero-order valence-corrected chi connectivity index (χ0v) is 43.9. The lowest BCUT2D eigenvalue weighted by molar-refractivity contribution is -0.290. The fourth-order valence-corrected chi connectivity index (χ4v) is 9.81. The number of nitrogens with two attached hydrogens (primary N) is 1. The Balaban J connectivity index is 1.50. The molecule has 0 aromatic heterocycles. The van der Waals surface area contributed by atoms with E-state index in [9.17, 15) is 44.4 Å². The summed E-state index contributed by atoms with van der Waals surface area (Å²) in [5.74, 6) is -1.62. The van der Waals surface area contributed by atoms with E-state index in [2.05, 4.69) is 21.3 Å². The zero-order valence-electron chi connectivity index (χ0n) is 43.9. The first-order chi connectivity index (χ1) is 32.7. The molecule has 2 aliphatic carbocycles. The number of likely N-dealkylation sites (N-methyl/N-ethyl adjacent to an activating group) is 1. The van der Waals surface area contributed by atoms with E-state index in [4.69, 9.17) is 38.9 Å². The van der Waals surface area contributed by atoms with E-state index in [1.165, 1.54) is 7.05 Å². The molecule has 0 spiro atoms. The predicted octanol–water partition coefficient (Wildman–Crippen LogP) is 1.85. The summed E-state index contributed by atoms with van der Waals surface area (Å²) in [6.45, 7) is 20.8. The van der Waals surface area contributed by atoms with Gasteiger partial charge in [0, 0.05) is 57.1 Å². The Morgan fingerprint density at radius 1 is 0.887 bits per heavy atom. The van der Waals surface area contributed by atoms with Crippen molar-refractivity contribution in [2.45, 2.75) is 216 Å². The summed E-state index contributed by atoms with van der Waals surface area (Å²) < 4.78 is 41.4. The largest absolute Gasteiger partial charge is 0.492 e. The average Bonchev–Trinajstić information content (AvgIpc) is 3.60. The highest BCUT2D eigenvalue weighted by Crippen LogP contribution is 2.58. The molecule has 2 unspecified atom stereocenters. The van der Waals surface area contributed by atoms with Crippen molar-refractivity contribution in [2.24, 2.45) is 11.7 Å². The highest BCUT2D eigenvalue weighted by atomic mass is 16.7. The van der Waals surface area contributed by atoms with Crippen LogP contribution in [0.1, 0.15) is 122 Å². The van der Waals surface area contributed by atoms with Crippen molar-refractivity contribution in [1.82, 2.24) is 31.1 Å². The van der Waals surface area contributed by atoms with Crippen molar-refractivity contribution in [3.63, 3.8) is 0 Å². The third-order valence-corrected chi connectivity index (χ3v) is 13.0. The average molecular weight is 1010 g/mol. The topological polar surface area (TPSA) is 312 Å². The summed E-state index contributed by atoms with van der Waals surface area (Å²) in [4.78, 5) is 69.5. The normalized spacial score (nSPS) is 32.5. The van der Waals surface area contributed by atoms with Gasteiger partial charge in [-0.25, -0.2) is 19.2 Å². The van der Waals surface area contributed by atoms with Crippen LogP contribution in [-0.4, -0.2) is 195 Å². The third kappa shape index (κ3) is 14.7. The molecule has 406 valence electrons. The Kier molecular flexibility index (Phi) is 17.9. The molecule has 0 radical (unpaired) electrons. The number of likely N-dealkylation sites (tertiary alicyclic amines) is 1. The Morgan fingerprint density at radius 3 is 2.11 bits per heavy atom. The van der Waals surface area contributed by atoms with E-state index in [0.717, 1.165) is 11.3 Å². The second-order valence-electron chi connectivity index (χ2n) is 23.5. The number of carbonyl (C=O) groups is 5. The van der Waals surface area contributed by atoms with Gasteiger partial charge in [0.25, 0.3) is 0 Å². The monoisotopic (exact) mass is 1010 g/mol. The van der Waals surface area contributed by atoms with Crippen LogP contribution in [0.5, 0.6) is 0 Å². The molecule has 23 nitrogen and oxygen atoms in total. The van der Waals surface area contributed by atoms with Crippen LogP contribution < -0.4 is 27.0 Å². The van der Waals surface area contributed by atoms with Gasteiger partial charge in [0.15, 0.2) is 6.29 Å². The molecule has 5 amide bonds. The molecule has 0 aromatic rings. The van der Waals surface area contributed by atoms with Crippen LogP contribution in [0.2, 0.25) is 0 Å². The number of fused-ring (bicyclic) bond motifs is 1. The Morgan fingerprint density at radius 2 is 1.51 bits per heavy atom. The number of aliphatic hydroxyl groups excluding tert-OH is 3. The van der Waals surface area contributed by atoms with Crippen LogP contribution in [0, 0.1) is 5.92 Å². The molecule has 2 saturated carbocycles. The minimum atomic E-state index is -1.74. The van der Waals surface area contributed by atoms with Gasteiger partial charge in [0.2, 0.25) is 5.91 Å². The minimum Gasteiger partial charge on any atom is -0.492 e. The van der Waals surface area contributed by atoms with Gasteiger partial charge in [-0.05, 0) is 121 Å². The standard InChI is InChI=1S/C48H83N7O16/c1-43(2,3)68-39(60)50-19-18-31(56)37(59)52-30-21-29(53-40(61)69-44(4,5)6)32(34-28(17-16-27(22-49)66-34)51-23-26-15-14-20-55(26)42(63)71-46(10,11)12)33(57)35(30)67-38-36(58)48(24-47(48,64)25-65-38)54(13)41(62)70-45(7,8)9/h16,26,28-36,38,51,56-58,64H,14-15,17-25,49H2,1-13H3,(H,50,60)(H,52,59)(H,53,61)/t26?,28-,29+,30-,31+,32?,33+,34+,35+,36+,38-,47+,48-/m1/s1. The molecule has 3 heterocycles. The van der Waals surface area contributed by atoms with Crippen molar-refractivity contribution < 1.29 is 77.6 Å². The molecule has 10 N–H and O–H groups in total. The number of aliphatic hydroxyl groups is 4. The number of nitrogens with one attached hydrogen (secondary N) is 4. The fraction of sp³-hybridized carbons (Fsp3) is 0.854. The molecule has 13 atom stereocenters. The number of rotatable bonds is 14. The molecular weight excluding hydrogens is 931 g/mol. The smallest absolute Gasteiger partial charge is 0.410 e. The lowest BCUT2D eigenvalue weighted by Gasteiger charge is -2.51. The van der Waals surface area contributed by atoms with E-state index in [1.54, 1.807) is 88.0 Å². The van der Waals surface area contributed by atoms with E-state index in [0.29, 0.717) is 31.7 Å². The highest BCUT2D eigenvalue weighted by molar-refractivity contribution is 5.81. The van der Waals surface area contributed by atoms with Gasteiger partial charge in [-0.3, -0.25) is 9.69 Å². The van der Waals surface area contributed by atoms with Crippen LogP contribution >= 0.6 is 0 Å². The summed E-state index contributed by atoms with van der Waals surface area (Å²) in [7, 11) is 1.38. The maximum absolute atomic E-state index is 13.9. The SMILES string of the molecule is CN(C(=O)OC(C)(C)C)[C@@]12C[C@]1(O)CO[C@H](O[C@H]1[C@H](NC(=O)[C@@H](O)CCNC(=O)OC(C)(C)C)C[C@H](NC(=O)OC(C)(C)C)C([C@H]3OC(CN)=CC[C@H]3NCC3CCCN3C(=O)OC(C)(C)C)[C@@H]1O)[C@@H]2O. The molecule has 4 fully saturated rings. The summed E-state index contributed by atoms with van der Waals surface area (Å²) in [6, 6.07) is -3.14. The number of alkyl carbamates (subject to hydrolysis) is 2. The van der Waals surface area contributed by atoms with Gasteiger partial charge < -0.3 is 85.5 Å². The number of carbonyl (C=O) groups excluding carboxylic acids is 5. The summed E-state index contributed by atoms with van der Waals surface area (Å²) in [6.07, 6.45) is -9.07. The fourth-order valence-electron chi connectivity index (χ4n) is 9.81. The first-order valence-corrected chi connectivity index (χ1v) is 24.7.